The first-order valence-corrected chi connectivity index (χ1v) is 7.25. The number of imidazole rings is 1. The van der Waals surface area contributed by atoms with Gasteiger partial charge in [-0.15, -0.1) is 11.6 Å². The molecule has 0 atom stereocenters. The van der Waals surface area contributed by atoms with Gasteiger partial charge in [0.15, 0.2) is 0 Å². The van der Waals surface area contributed by atoms with Gasteiger partial charge in [0.2, 0.25) is 0 Å². The van der Waals surface area contributed by atoms with Crippen molar-refractivity contribution in [3.05, 3.63) is 65.0 Å². The summed E-state index contributed by atoms with van der Waals surface area (Å²) < 4.78 is 2.11. The number of nitrogens with zero attached hydrogens (tertiary/aromatic N) is 3. The molecule has 0 spiro atoms. The molecule has 0 aliphatic carbocycles. The fourth-order valence-corrected chi connectivity index (χ4v) is 2.69. The van der Waals surface area contributed by atoms with Crippen molar-refractivity contribution in [2.45, 2.75) is 19.3 Å². The molecule has 1 aromatic heterocycles. The first-order valence-electron chi connectivity index (χ1n) is 6.72. The Morgan fingerprint density at radius 1 is 1.24 bits per heavy atom. The predicted molar refractivity (Wildman–Crippen MR) is 84.3 cm³/mol. The predicted octanol–water partition coefficient (Wildman–Crippen LogP) is 4.00. The zero-order valence-electron chi connectivity index (χ0n) is 11.7. The maximum Gasteiger partial charge on any atom is 0.125 e. The third-order valence-corrected chi connectivity index (χ3v) is 3.74. The number of rotatable bonds is 3. The molecule has 0 unspecified atom stereocenters. The number of hydrogen-bond donors (Lipinski definition) is 0. The number of nitriles is 1. The van der Waals surface area contributed by atoms with Gasteiger partial charge in [-0.25, -0.2) is 4.98 Å². The molecule has 0 bridgehead atoms. The highest BCUT2D eigenvalue weighted by Crippen LogP contribution is 2.21. The first-order chi connectivity index (χ1) is 10.2. The van der Waals surface area contributed by atoms with E-state index < -0.39 is 0 Å². The molecule has 21 heavy (non-hydrogen) atoms. The Bertz CT molecular complexity index is 843. The molecular weight excluding hydrogens is 282 g/mol. The van der Waals surface area contributed by atoms with Gasteiger partial charge in [0.05, 0.1) is 28.5 Å². The van der Waals surface area contributed by atoms with Crippen LogP contribution in [0, 0.1) is 18.3 Å². The number of halogens is 1. The second-order valence-electron chi connectivity index (χ2n) is 5.05. The molecule has 2 aromatic carbocycles. The van der Waals surface area contributed by atoms with Gasteiger partial charge < -0.3 is 4.57 Å². The minimum atomic E-state index is 0.367. The quantitative estimate of drug-likeness (QED) is 0.685. The van der Waals surface area contributed by atoms with Gasteiger partial charge in [-0.2, -0.15) is 5.26 Å². The monoisotopic (exact) mass is 295 g/mol. The standard InChI is InChI=1S/C17H14ClN3/c1-12-5-6-16-15(7-12)20-17(9-18)21(16)11-14-4-2-3-13(8-14)10-19/h2-8H,9,11H2,1H3. The number of aromatic nitrogens is 2. The zero-order valence-corrected chi connectivity index (χ0v) is 12.4. The number of aryl methyl sites for hydroxylation is 1. The SMILES string of the molecule is Cc1ccc2c(c1)nc(CCl)n2Cc1cccc(C#N)c1. The van der Waals surface area contributed by atoms with Crippen LogP contribution in [0.1, 0.15) is 22.5 Å². The molecule has 0 saturated carbocycles. The summed E-state index contributed by atoms with van der Waals surface area (Å²) in [6.45, 7) is 2.71. The van der Waals surface area contributed by atoms with Gasteiger partial charge in [0.1, 0.15) is 5.82 Å². The van der Waals surface area contributed by atoms with Crippen LogP contribution < -0.4 is 0 Å². The van der Waals surface area contributed by atoms with Crippen LogP contribution in [0.25, 0.3) is 11.0 Å². The summed E-state index contributed by atoms with van der Waals surface area (Å²) in [6, 6.07) is 16.0. The maximum absolute atomic E-state index is 9.00. The molecule has 0 N–H and O–H groups in total. The van der Waals surface area contributed by atoms with E-state index in [-0.39, 0.29) is 0 Å². The van der Waals surface area contributed by atoms with Crippen LogP contribution in [0.5, 0.6) is 0 Å². The molecule has 3 aromatic rings. The summed E-state index contributed by atoms with van der Waals surface area (Å²) in [6.07, 6.45) is 0. The largest absolute Gasteiger partial charge is 0.322 e. The molecule has 1 heterocycles. The van der Waals surface area contributed by atoms with E-state index in [0.29, 0.717) is 18.0 Å². The van der Waals surface area contributed by atoms with E-state index in [9.17, 15) is 0 Å². The molecule has 104 valence electrons. The highest BCUT2D eigenvalue weighted by molar-refractivity contribution is 6.16. The Morgan fingerprint density at radius 3 is 2.86 bits per heavy atom. The van der Waals surface area contributed by atoms with E-state index in [1.807, 2.05) is 18.2 Å². The lowest BCUT2D eigenvalue weighted by molar-refractivity contribution is 0.778. The van der Waals surface area contributed by atoms with Crippen molar-refractivity contribution in [2.24, 2.45) is 0 Å². The molecule has 0 radical (unpaired) electrons. The Morgan fingerprint density at radius 2 is 2.10 bits per heavy atom. The third kappa shape index (κ3) is 2.63. The average molecular weight is 296 g/mol. The fourth-order valence-electron chi connectivity index (χ4n) is 2.49. The van der Waals surface area contributed by atoms with E-state index in [0.717, 1.165) is 22.4 Å². The Hall–Kier alpha value is -2.31. The minimum Gasteiger partial charge on any atom is -0.322 e. The molecular formula is C17H14ClN3. The van der Waals surface area contributed by atoms with Gasteiger partial charge in [-0.05, 0) is 42.3 Å². The minimum absolute atomic E-state index is 0.367. The van der Waals surface area contributed by atoms with Crippen molar-refractivity contribution in [3.63, 3.8) is 0 Å². The second-order valence-corrected chi connectivity index (χ2v) is 5.32. The number of alkyl halides is 1. The number of hydrogen-bond acceptors (Lipinski definition) is 2. The highest BCUT2D eigenvalue weighted by atomic mass is 35.5. The van der Waals surface area contributed by atoms with Gasteiger partial charge in [-0.1, -0.05) is 18.2 Å². The van der Waals surface area contributed by atoms with Crippen LogP contribution in [0.4, 0.5) is 0 Å². The zero-order chi connectivity index (χ0) is 14.8. The topological polar surface area (TPSA) is 41.6 Å². The lowest BCUT2D eigenvalue weighted by Gasteiger charge is -2.08. The average Bonchev–Trinajstić information content (AvgIpc) is 2.84. The van der Waals surface area contributed by atoms with Crippen LogP contribution >= 0.6 is 11.6 Å². The van der Waals surface area contributed by atoms with Crippen LogP contribution in [0.2, 0.25) is 0 Å². The molecule has 4 heteroatoms. The van der Waals surface area contributed by atoms with E-state index in [2.05, 4.69) is 40.7 Å². The molecule has 3 rings (SSSR count). The van der Waals surface area contributed by atoms with Gasteiger partial charge in [0, 0.05) is 6.54 Å². The smallest absolute Gasteiger partial charge is 0.125 e. The van der Waals surface area contributed by atoms with Gasteiger partial charge >= 0.3 is 0 Å². The van der Waals surface area contributed by atoms with E-state index in [4.69, 9.17) is 16.9 Å². The number of fused-ring (bicyclic) bond motifs is 1. The lowest BCUT2D eigenvalue weighted by atomic mass is 10.1. The van der Waals surface area contributed by atoms with Crippen LogP contribution in [0.15, 0.2) is 42.5 Å². The molecule has 0 amide bonds. The Kier molecular flexibility index (Phi) is 3.64. The van der Waals surface area contributed by atoms with Crippen molar-refractivity contribution in [1.29, 1.82) is 5.26 Å². The molecule has 0 fully saturated rings. The highest BCUT2D eigenvalue weighted by Gasteiger charge is 2.10. The van der Waals surface area contributed by atoms with Gasteiger partial charge in [0.25, 0.3) is 0 Å². The van der Waals surface area contributed by atoms with E-state index in [1.54, 1.807) is 6.07 Å². The summed E-state index contributed by atoms with van der Waals surface area (Å²) in [7, 11) is 0. The van der Waals surface area contributed by atoms with Crippen LogP contribution in [-0.4, -0.2) is 9.55 Å². The van der Waals surface area contributed by atoms with Crippen LogP contribution in [0.3, 0.4) is 0 Å². The van der Waals surface area contributed by atoms with E-state index in [1.165, 1.54) is 5.56 Å². The Labute approximate surface area is 128 Å². The van der Waals surface area contributed by atoms with Crippen molar-refractivity contribution in [2.75, 3.05) is 0 Å². The summed E-state index contributed by atoms with van der Waals surface area (Å²) in [4.78, 5) is 4.60. The summed E-state index contributed by atoms with van der Waals surface area (Å²) in [5.41, 5.74) is 4.95. The first kappa shape index (κ1) is 13.7. The van der Waals surface area contributed by atoms with Crippen molar-refractivity contribution < 1.29 is 0 Å². The maximum atomic E-state index is 9.00. The van der Waals surface area contributed by atoms with Crippen LogP contribution in [-0.2, 0) is 12.4 Å². The second kappa shape index (κ2) is 5.59. The van der Waals surface area contributed by atoms with Crippen molar-refractivity contribution >= 4 is 22.6 Å². The summed E-state index contributed by atoms with van der Waals surface area (Å²) >= 11 is 6.03. The lowest BCUT2D eigenvalue weighted by Crippen LogP contribution is -2.04. The normalized spacial score (nSPS) is 10.7. The fraction of sp³-hybridized carbons (Fsp3) is 0.176. The van der Waals surface area contributed by atoms with Crippen molar-refractivity contribution in [1.82, 2.24) is 9.55 Å². The van der Waals surface area contributed by atoms with Crippen molar-refractivity contribution in [3.8, 4) is 6.07 Å². The molecule has 3 nitrogen and oxygen atoms in total. The van der Waals surface area contributed by atoms with Gasteiger partial charge in [-0.3, -0.25) is 0 Å². The molecule has 0 saturated heterocycles. The molecule has 0 aliphatic rings. The van der Waals surface area contributed by atoms with E-state index >= 15 is 0 Å². The summed E-state index contributed by atoms with van der Waals surface area (Å²) in [5.74, 6) is 1.21. The molecule has 0 aliphatic heterocycles. The number of benzene rings is 2. The Balaban J connectivity index is 2.08. The summed E-state index contributed by atoms with van der Waals surface area (Å²) in [5, 5.41) is 9.00. The third-order valence-electron chi connectivity index (χ3n) is 3.50.